The summed E-state index contributed by atoms with van der Waals surface area (Å²) in [5.74, 6) is -0.402. The maximum atomic E-state index is 11.4. The lowest BCUT2D eigenvalue weighted by Gasteiger charge is -2.21. The molecule has 1 aliphatic rings. The van der Waals surface area contributed by atoms with E-state index in [2.05, 4.69) is 5.16 Å². The quantitative estimate of drug-likeness (QED) is 0.926. The van der Waals surface area contributed by atoms with Gasteiger partial charge in [0.05, 0.1) is 0 Å². The second-order valence-corrected chi connectivity index (χ2v) is 4.97. The summed E-state index contributed by atoms with van der Waals surface area (Å²) < 4.78 is 10.7. The van der Waals surface area contributed by atoms with Crippen LogP contribution >= 0.6 is 0 Å². The first-order valence-corrected chi connectivity index (χ1v) is 6.58. The molecule has 3 rings (SSSR count). The Morgan fingerprint density at radius 2 is 2.15 bits per heavy atom. The third kappa shape index (κ3) is 2.32. The highest BCUT2D eigenvalue weighted by molar-refractivity contribution is 5.78. The van der Waals surface area contributed by atoms with Crippen molar-refractivity contribution < 1.29 is 19.2 Å². The number of benzene rings is 1. The minimum absolute atomic E-state index is 0.210. The Hall–Kier alpha value is -2.14. The molecule has 0 bridgehead atoms. The van der Waals surface area contributed by atoms with Crippen LogP contribution in [-0.4, -0.2) is 28.4 Å². The molecule has 1 N–H and O–H groups in total. The number of carbonyl (C=O) groups is 1. The molecular weight excluding hydrogens is 258 g/mol. The lowest BCUT2D eigenvalue weighted by Crippen LogP contribution is -2.40. The van der Waals surface area contributed by atoms with Gasteiger partial charge in [-0.15, -0.1) is 0 Å². The predicted octanol–water partition coefficient (Wildman–Crippen LogP) is 2.52. The summed E-state index contributed by atoms with van der Waals surface area (Å²) in [6.07, 6.45) is 1.47. The Morgan fingerprint density at radius 1 is 1.35 bits per heavy atom. The van der Waals surface area contributed by atoms with E-state index >= 15 is 0 Å². The average Bonchev–Trinajstić information content (AvgIpc) is 3.10. The molecule has 20 heavy (non-hydrogen) atoms. The summed E-state index contributed by atoms with van der Waals surface area (Å²) >= 11 is 0. The van der Waals surface area contributed by atoms with Crippen LogP contribution in [0.15, 0.2) is 40.9 Å². The Kier molecular flexibility index (Phi) is 3.28. The summed E-state index contributed by atoms with van der Waals surface area (Å²) in [6, 6.07) is 11.4. The van der Waals surface area contributed by atoms with Crippen LogP contribution in [0.3, 0.4) is 0 Å². The zero-order valence-electron chi connectivity index (χ0n) is 10.9. The molecule has 2 heterocycles. The molecule has 1 saturated heterocycles. The maximum absolute atomic E-state index is 11.4. The molecule has 0 radical (unpaired) electrons. The van der Waals surface area contributed by atoms with Gasteiger partial charge in [0.15, 0.2) is 5.60 Å². The van der Waals surface area contributed by atoms with Gasteiger partial charge in [-0.3, -0.25) is 0 Å². The van der Waals surface area contributed by atoms with Crippen molar-refractivity contribution >= 4 is 5.97 Å². The lowest BCUT2D eigenvalue weighted by molar-refractivity contribution is -0.160. The van der Waals surface area contributed by atoms with Crippen molar-refractivity contribution in [2.45, 2.75) is 24.9 Å². The smallest absolute Gasteiger partial charge is 0.336 e. The number of aromatic nitrogens is 1. The van der Waals surface area contributed by atoms with Crippen LogP contribution in [0.4, 0.5) is 0 Å². The molecule has 0 aliphatic carbocycles. The molecule has 2 aromatic rings. The van der Waals surface area contributed by atoms with Crippen molar-refractivity contribution in [1.29, 1.82) is 0 Å². The van der Waals surface area contributed by atoms with E-state index in [1.807, 2.05) is 30.3 Å². The van der Waals surface area contributed by atoms with Crippen molar-refractivity contribution in [2.24, 2.45) is 0 Å². The number of carboxylic acid groups (broad SMARTS) is 1. The van der Waals surface area contributed by atoms with Gasteiger partial charge in [0, 0.05) is 24.7 Å². The number of hydrogen-bond acceptors (Lipinski definition) is 4. The van der Waals surface area contributed by atoms with Gasteiger partial charge in [0.2, 0.25) is 0 Å². The highest BCUT2D eigenvalue weighted by atomic mass is 16.5. The molecule has 1 aromatic carbocycles. The third-order valence-corrected chi connectivity index (χ3v) is 3.58. The Balaban J connectivity index is 1.82. The van der Waals surface area contributed by atoms with Gasteiger partial charge in [-0.25, -0.2) is 4.79 Å². The van der Waals surface area contributed by atoms with Crippen LogP contribution in [0.2, 0.25) is 0 Å². The molecule has 104 valence electrons. The highest BCUT2D eigenvalue weighted by Crippen LogP contribution is 2.31. The highest BCUT2D eigenvalue weighted by Gasteiger charge is 2.44. The van der Waals surface area contributed by atoms with Crippen molar-refractivity contribution in [3.8, 4) is 11.3 Å². The Morgan fingerprint density at radius 3 is 2.80 bits per heavy atom. The van der Waals surface area contributed by atoms with Crippen LogP contribution in [0.25, 0.3) is 11.3 Å². The van der Waals surface area contributed by atoms with Gasteiger partial charge in [-0.1, -0.05) is 35.5 Å². The molecule has 5 nitrogen and oxygen atoms in total. The van der Waals surface area contributed by atoms with E-state index in [-0.39, 0.29) is 6.42 Å². The van der Waals surface area contributed by atoms with Crippen molar-refractivity contribution in [2.75, 3.05) is 6.61 Å². The third-order valence-electron chi connectivity index (χ3n) is 3.58. The predicted molar refractivity (Wildman–Crippen MR) is 71.2 cm³/mol. The number of aliphatic carboxylic acids is 1. The molecule has 1 aromatic heterocycles. The molecule has 0 spiro atoms. The zero-order chi connectivity index (χ0) is 14.0. The summed E-state index contributed by atoms with van der Waals surface area (Å²) in [7, 11) is 0. The van der Waals surface area contributed by atoms with Crippen LogP contribution in [0.1, 0.15) is 18.6 Å². The van der Waals surface area contributed by atoms with Crippen molar-refractivity contribution in [3.05, 3.63) is 42.2 Å². The SMILES string of the molecule is O=C(O)[C@]1(Cc2cc(-c3ccccc3)no2)CCCO1. The van der Waals surface area contributed by atoms with E-state index in [1.165, 1.54) is 0 Å². The van der Waals surface area contributed by atoms with Gasteiger partial charge < -0.3 is 14.4 Å². The van der Waals surface area contributed by atoms with Gasteiger partial charge >= 0.3 is 5.97 Å². The fraction of sp³-hybridized carbons (Fsp3) is 0.333. The maximum Gasteiger partial charge on any atom is 0.336 e. The minimum Gasteiger partial charge on any atom is -0.479 e. The molecule has 1 atom stereocenters. The van der Waals surface area contributed by atoms with Crippen molar-refractivity contribution in [1.82, 2.24) is 5.16 Å². The Bertz CT molecular complexity index is 599. The largest absolute Gasteiger partial charge is 0.479 e. The fourth-order valence-corrected chi connectivity index (χ4v) is 2.50. The van der Waals surface area contributed by atoms with Crippen LogP contribution in [0, 0.1) is 0 Å². The number of rotatable bonds is 4. The first-order chi connectivity index (χ1) is 9.70. The van der Waals surface area contributed by atoms with E-state index in [0.717, 1.165) is 12.0 Å². The molecule has 1 fully saturated rings. The summed E-state index contributed by atoms with van der Waals surface area (Å²) in [4.78, 5) is 11.4. The molecule has 0 unspecified atom stereocenters. The summed E-state index contributed by atoms with van der Waals surface area (Å²) in [5.41, 5.74) is 0.492. The van der Waals surface area contributed by atoms with Gasteiger partial charge in [0.1, 0.15) is 11.5 Å². The monoisotopic (exact) mass is 273 g/mol. The summed E-state index contributed by atoms with van der Waals surface area (Å²) in [6.45, 7) is 0.478. The van der Waals surface area contributed by atoms with E-state index in [4.69, 9.17) is 9.26 Å². The van der Waals surface area contributed by atoms with Gasteiger partial charge in [-0.05, 0) is 12.8 Å². The minimum atomic E-state index is -1.16. The van der Waals surface area contributed by atoms with Crippen LogP contribution < -0.4 is 0 Å². The number of hydrogen-bond donors (Lipinski definition) is 1. The van der Waals surface area contributed by atoms with Crippen molar-refractivity contribution in [3.63, 3.8) is 0 Å². The zero-order valence-corrected chi connectivity index (χ0v) is 10.9. The first-order valence-electron chi connectivity index (χ1n) is 6.58. The molecule has 1 aliphatic heterocycles. The average molecular weight is 273 g/mol. The second-order valence-electron chi connectivity index (χ2n) is 4.97. The molecule has 5 heteroatoms. The van der Waals surface area contributed by atoms with E-state index in [9.17, 15) is 9.90 Å². The molecule has 0 saturated carbocycles. The van der Waals surface area contributed by atoms with E-state index < -0.39 is 11.6 Å². The number of nitrogens with zero attached hydrogens (tertiary/aromatic N) is 1. The van der Waals surface area contributed by atoms with Gasteiger partial charge in [-0.2, -0.15) is 0 Å². The van der Waals surface area contributed by atoms with Crippen LogP contribution in [-0.2, 0) is 16.0 Å². The Labute approximate surface area is 116 Å². The number of ether oxygens (including phenoxy) is 1. The fourth-order valence-electron chi connectivity index (χ4n) is 2.50. The standard InChI is InChI=1S/C15H15NO4/c17-14(18)15(7-4-8-19-15)10-12-9-13(16-20-12)11-5-2-1-3-6-11/h1-3,5-6,9H,4,7-8,10H2,(H,17,18)/t15-/m1/s1. The first kappa shape index (κ1) is 12.9. The second kappa shape index (κ2) is 5.09. The molecule has 0 amide bonds. The number of carboxylic acids is 1. The van der Waals surface area contributed by atoms with Crippen LogP contribution in [0.5, 0.6) is 0 Å². The lowest BCUT2D eigenvalue weighted by atomic mass is 9.94. The van der Waals surface area contributed by atoms with E-state index in [0.29, 0.717) is 24.5 Å². The normalized spacial score (nSPS) is 22.0. The molecular formula is C15H15NO4. The summed E-state index contributed by atoms with van der Waals surface area (Å²) in [5, 5.41) is 13.4. The topological polar surface area (TPSA) is 72.6 Å². The van der Waals surface area contributed by atoms with Gasteiger partial charge in [0.25, 0.3) is 0 Å². The van der Waals surface area contributed by atoms with E-state index in [1.54, 1.807) is 6.07 Å².